The Kier molecular flexibility index (Phi) is 9.19. The highest BCUT2D eigenvalue weighted by Crippen LogP contribution is 2.26. The van der Waals surface area contributed by atoms with Crippen molar-refractivity contribution in [3.05, 3.63) is 41.9 Å². The first kappa shape index (κ1) is 26.9. The van der Waals surface area contributed by atoms with Crippen molar-refractivity contribution in [2.24, 2.45) is 0 Å². The number of amides is 2. The summed E-state index contributed by atoms with van der Waals surface area (Å²) in [5.74, 6) is -3.45. The zero-order valence-corrected chi connectivity index (χ0v) is 19.2. The number of carbonyl (C=O) groups is 2. The van der Waals surface area contributed by atoms with Gasteiger partial charge in [-0.3, -0.25) is 4.79 Å². The number of pyridine rings is 1. The molecule has 0 aliphatic carbocycles. The van der Waals surface area contributed by atoms with Gasteiger partial charge < -0.3 is 25.0 Å². The number of aliphatic carboxylic acids is 1. The summed E-state index contributed by atoms with van der Waals surface area (Å²) in [6.07, 6.45) is 3.80. The number of carbonyl (C=O) groups excluding carboxylic acids is 1. The van der Waals surface area contributed by atoms with Crippen LogP contribution in [0.5, 0.6) is 6.01 Å². The van der Waals surface area contributed by atoms with Gasteiger partial charge >= 0.3 is 24.6 Å². The van der Waals surface area contributed by atoms with Crippen molar-refractivity contribution in [2.75, 3.05) is 38.0 Å². The van der Waals surface area contributed by atoms with Crippen LogP contribution in [0, 0.1) is 0 Å². The first-order valence-corrected chi connectivity index (χ1v) is 11.2. The third kappa shape index (κ3) is 8.20. The first-order chi connectivity index (χ1) is 17.1. The number of carboxylic acid groups (broad SMARTS) is 1. The molecule has 0 unspecified atom stereocenters. The number of ether oxygens (including phenoxy) is 1. The van der Waals surface area contributed by atoms with Gasteiger partial charge in [-0.15, -0.1) is 0 Å². The van der Waals surface area contributed by atoms with Crippen molar-refractivity contribution < 1.29 is 37.0 Å². The number of aromatic nitrogens is 3. The van der Waals surface area contributed by atoms with Crippen molar-refractivity contribution in [1.29, 1.82) is 0 Å². The topological polar surface area (TPSA) is 121 Å². The number of hydrogen-bond acceptors (Lipinski definition) is 7. The zero-order valence-electron chi connectivity index (χ0n) is 19.2. The van der Waals surface area contributed by atoms with Crippen LogP contribution in [0.15, 0.2) is 30.6 Å². The molecule has 10 nitrogen and oxygen atoms in total. The molecule has 1 saturated heterocycles. The minimum atomic E-state index is -3.10. The molecular weight excluding hydrogens is 488 g/mol. The van der Waals surface area contributed by atoms with E-state index in [4.69, 9.17) is 5.11 Å². The molecule has 4 rings (SSSR count). The molecule has 1 fully saturated rings. The summed E-state index contributed by atoms with van der Waals surface area (Å²) in [6, 6.07) is 4.11. The van der Waals surface area contributed by atoms with E-state index in [1.165, 1.54) is 23.4 Å². The molecule has 2 aliphatic heterocycles. The van der Waals surface area contributed by atoms with Gasteiger partial charge in [0.2, 0.25) is 0 Å². The van der Waals surface area contributed by atoms with Gasteiger partial charge in [0, 0.05) is 44.3 Å². The minimum Gasteiger partial charge on any atom is -0.481 e. The molecule has 196 valence electrons. The molecule has 0 aromatic carbocycles. The zero-order chi connectivity index (χ0) is 26.1. The summed E-state index contributed by atoms with van der Waals surface area (Å²) in [6.45, 7) is -2.29. The Morgan fingerprint density at radius 3 is 2.61 bits per heavy atom. The second kappa shape index (κ2) is 12.3. The lowest BCUT2D eigenvalue weighted by Crippen LogP contribution is -2.41. The Bertz CT molecular complexity index is 1030. The molecule has 2 aromatic rings. The van der Waals surface area contributed by atoms with E-state index < -0.39 is 37.5 Å². The third-order valence-electron chi connectivity index (χ3n) is 5.33. The molecule has 2 aliphatic rings. The number of alkyl halides is 4. The summed E-state index contributed by atoms with van der Waals surface area (Å²) in [7, 11) is 0. The fraction of sp³-hybridized carbons (Fsp3) is 0.500. The molecule has 2 N–H and O–H groups in total. The molecule has 14 heteroatoms. The smallest absolute Gasteiger partial charge is 0.389 e. The Labute approximate surface area is 204 Å². The molecule has 0 saturated carbocycles. The quantitative estimate of drug-likeness (QED) is 0.490. The lowest BCUT2D eigenvalue weighted by atomic mass is 10.1. The van der Waals surface area contributed by atoms with Gasteiger partial charge in [-0.2, -0.15) is 8.78 Å². The number of nitrogens with zero attached hydrogens (tertiary/aromatic N) is 5. The number of fused-ring (bicyclic) bond motifs is 1. The summed E-state index contributed by atoms with van der Waals surface area (Å²) in [5, 5.41) is 11.8. The summed E-state index contributed by atoms with van der Waals surface area (Å²) < 4.78 is 55.6. The summed E-state index contributed by atoms with van der Waals surface area (Å²) >= 11 is 0. The third-order valence-corrected chi connectivity index (χ3v) is 5.33. The SMILES string of the molecule is FC(F)Oc1ncccn1.O=C(O)CCN1CCN(CC(F)(F)Cc2ccc3c(n2)NCCC3)C1=O. The average molecular weight is 514 g/mol. The Balaban J connectivity index is 0.000000303. The van der Waals surface area contributed by atoms with Crippen LogP contribution >= 0.6 is 0 Å². The van der Waals surface area contributed by atoms with E-state index in [1.807, 2.05) is 6.07 Å². The van der Waals surface area contributed by atoms with E-state index in [0.717, 1.165) is 29.8 Å². The lowest BCUT2D eigenvalue weighted by Gasteiger charge is -2.24. The number of anilines is 1. The number of halogens is 4. The molecule has 36 heavy (non-hydrogen) atoms. The molecule has 0 radical (unpaired) electrons. The van der Waals surface area contributed by atoms with Gasteiger partial charge in [-0.05, 0) is 30.5 Å². The van der Waals surface area contributed by atoms with E-state index >= 15 is 0 Å². The molecule has 0 atom stereocenters. The first-order valence-electron chi connectivity index (χ1n) is 11.2. The van der Waals surface area contributed by atoms with Crippen molar-refractivity contribution >= 4 is 17.8 Å². The Hall–Kier alpha value is -3.71. The predicted molar refractivity (Wildman–Crippen MR) is 119 cm³/mol. The number of nitrogens with one attached hydrogen (secondary N) is 1. The lowest BCUT2D eigenvalue weighted by molar-refractivity contribution is -0.137. The summed E-state index contributed by atoms with van der Waals surface area (Å²) in [4.78, 5) is 36.2. The second-order valence-electron chi connectivity index (χ2n) is 8.12. The van der Waals surface area contributed by atoms with Gasteiger partial charge in [0.1, 0.15) is 5.82 Å². The van der Waals surface area contributed by atoms with Crippen LogP contribution in [0.25, 0.3) is 0 Å². The second-order valence-corrected chi connectivity index (χ2v) is 8.12. The van der Waals surface area contributed by atoms with Gasteiger partial charge in [-0.1, -0.05) is 6.07 Å². The van der Waals surface area contributed by atoms with Crippen molar-refractivity contribution in [3.63, 3.8) is 0 Å². The highest BCUT2D eigenvalue weighted by Gasteiger charge is 2.38. The van der Waals surface area contributed by atoms with Crippen molar-refractivity contribution in [1.82, 2.24) is 24.8 Å². The number of urea groups is 1. The maximum absolute atomic E-state index is 14.4. The van der Waals surface area contributed by atoms with Crippen molar-refractivity contribution in [3.8, 4) is 6.01 Å². The number of aryl methyl sites for hydroxylation is 1. The molecule has 4 heterocycles. The normalized spacial score (nSPS) is 15.2. The molecule has 2 amide bonds. The number of carboxylic acids is 1. The van der Waals surface area contributed by atoms with Gasteiger partial charge in [-0.25, -0.2) is 28.5 Å². The van der Waals surface area contributed by atoms with Gasteiger partial charge in [0.25, 0.3) is 5.92 Å². The van der Waals surface area contributed by atoms with E-state index in [2.05, 4.69) is 25.0 Å². The monoisotopic (exact) mass is 514 g/mol. The standard InChI is InChI=1S/C17H22F2N4O3.C5H4F2N2O/c18-17(19,10-13-4-3-12-2-1-6-20-15(12)21-13)11-23-9-8-22(16(23)26)7-5-14(24)25;6-4(7)10-5-8-2-1-3-9-5/h3-4H,1-2,5-11H2,(H,20,21)(H,24,25);1-4H. The van der Waals surface area contributed by atoms with Crippen LogP contribution in [0.3, 0.4) is 0 Å². The number of hydrogen-bond donors (Lipinski definition) is 2. The van der Waals surface area contributed by atoms with Crippen LogP contribution < -0.4 is 10.1 Å². The fourth-order valence-electron chi connectivity index (χ4n) is 3.71. The highest BCUT2D eigenvalue weighted by molar-refractivity contribution is 5.77. The molecular formula is C22H26F4N6O4. The van der Waals surface area contributed by atoms with Gasteiger partial charge in [0.15, 0.2) is 0 Å². The van der Waals surface area contributed by atoms with E-state index in [-0.39, 0.29) is 37.8 Å². The minimum absolute atomic E-state index is 0.0360. The maximum atomic E-state index is 14.4. The Morgan fingerprint density at radius 1 is 1.19 bits per heavy atom. The highest BCUT2D eigenvalue weighted by atomic mass is 19.3. The van der Waals surface area contributed by atoms with E-state index in [1.54, 1.807) is 6.07 Å². The van der Waals surface area contributed by atoms with Crippen LogP contribution in [0.4, 0.5) is 28.2 Å². The predicted octanol–water partition coefficient (Wildman–Crippen LogP) is 2.91. The largest absolute Gasteiger partial charge is 0.481 e. The molecule has 0 spiro atoms. The van der Waals surface area contributed by atoms with Crippen molar-refractivity contribution in [2.45, 2.75) is 38.2 Å². The maximum Gasteiger partial charge on any atom is 0.389 e. The van der Waals surface area contributed by atoms with Crippen LogP contribution in [0.1, 0.15) is 24.1 Å². The Morgan fingerprint density at radius 2 is 1.92 bits per heavy atom. The van der Waals surface area contributed by atoms with E-state index in [0.29, 0.717) is 5.82 Å². The summed E-state index contributed by atoms with van der Waals surface area (Å²) in [5.41, 5.74) is 1.32. The van der Waals surface area contributed by atoms with Crippen LogP contribution in [-0.2, 0) is 17.6 Å². The fourth-order valence-corrected chi connectivity index (χ4v) is 3.71. The van der Waals surface area contributed by atoms with Crippen LogP contribution in [-0.4, -0.2) is 87.1 Å². The molecule has 2 aromatic heterocycles. The molecule has 0 bridgehead atoms. The van der Waals surface area contributed by atoms with E-state index in [9.17, 15) is 27.2 Å². The van der Waals surface area contributed by atoms with Crippen LogP contribution in [0.2, 0.25) is 0 Å². The van der Waals surface area contributed by atoms with Gasteiger partial charge in [0.05, 0.1) is 19.4 Å². The number of rotatable bonds is 9. The average Bonchev–Trinajstić information content (AvgIpc) is 3.16.